The Kier molecular flexibility index (Phi) is 4.91. The molecule has 2 heterocycles. The molecule has 3 aliphatic rings. The number of hydrogen-bond acceptors (Lipinski definition) is 5. The standard InChI is InChI=1S/C21H25N3O2S2/c1-20(13-22)9-10-24(19(26)21(2)23(3)17(25)12-27-28-21)18(20)16-8-7-14-5-4-6-15(14)11-16/h7-8,11,18H,4-6,9-10,12H2,1-3H3/t18-,20+,21-/m0/s1. The van der Waals surface area contributed by atoms with Crippen LogP contribution < -0.4 is 0 Å². The predicted octanol–water partition coefficient (Wildman–Crippen LogP) is 3.55. The molecular formula is C21H25N3O2S2. The number of aryl methyl sites for hydroxylation is 2. The monoisotopic (exact) mass is 415 g/mol. The van der Waals surface area contributed by atoms with Gasteiger partial charge in [0.2, 0.25) is 5.91 Å². The molecule has 0 bridgehead atoms. The highest BCUT2D eigenvalue weighted by Gasteiger charge is 2.54. The van der Waals surface area contributed by atoms with Crippen molar-refractivity contribution in [2.45, 2.75) is 50.4 Å². The van der Waals surface area contributed by atoms with Crippen LogP contribution in [0.5, 0.6) is 0 Å². The van der Waals surface area contributed by atoms with Gasteiger partial charge in [-0.3, -0.25) is 9.59 Å². The fourth-order valence-corrected chi connectivity index (χ4v) is 7.34. The largest absolute Gasteiger partial charge is 0.331 e. The first-order valence-electron chi connectivity index (χ1n) is 9.71. The maximum absolute atomic E-state index is 13.7. The molecule has 1 aromatic carbocycles. The number of fused-ring (bicyclic) bond motifs is 1. The van der Waals surface area contributed by atoms with Crippen LogP contribution in [0.3, 0.4) is 0 Å². The highest BCUT2D eigenvalue weighted by atomic mass is 33.1. The Morgan fingerprint density at radius 3 is 2.79 bits per heavy atom. The van der Waals surface area contributed by atoms with Crippen LogP contribution in [-0.2, 0) is 22.4 Å². The lowest BCUT2D eigenvalue weighted by Crippen LogP contribution is -2.58. The van der Waals surface area contributed by atoms with E-state index in [2.05, 4.69) is 24.3 Å². The number of likely N-dealkylation sites (N-methyl/N-ethyl adjacent to an activating group) is 1. The average Bonchev–Trinajstić information content (AvgIpc) is 3.29. The highest BCUT2D eigenvalue weighted by molar-refractivity contribution is 8.77. The molecule has 5 nitrogen and oxygen atoms in total. The molecule has 2 fully saturated rings. The Bertz CT molecular complexity index is 883. The van der Waals surface area contributed by atoms with Gasteiger partial charge >= 0.3 is 0 Å². The second-order valence-corrected chi connectivity index (χ2v) is 11.0. The van der Waals surface area contributed by atoms with Crippen molar-refractivity contribution in [2.75, 3.05) is 19.3 Å². The number of amides is 2. The van der Waals surface area contributed by atoms with E-state index in [9.17, 15) is 14.9 Å². The first-order valence-corrected chi connectivity index (χ1v) is 12.0. The maximum Gasteiger partial charge on any atom is 0.260 e. The molecule has 148 valence electrons. The first-order chi connectivity index (χ1) is 13.3. The molecule has 4 rings (SSSR count). The van der Waals surface area contributed by atoms with Crippen LogP contribution in [0.15, 0.2) is 18.2 Å². The van der Waals surface area contributed by atoms with Crippen molar-refractivity contribution in [3.8, 4) is 6.07 Å². The van der Waals surface area contributed by atoms with Crippen molar-refractivity contribution in [1.82, 2.24) is 9.80 Å². The van der Waals surface area contributed by atoms with E-state index in [0.29, 0.717) is 18.7 Å². The summed E-state index contributed by atoms with van der Waals surface area (Å²) in [6.07, 6.45) is 3.98. The predicted molar refractivity (Wildman–Crippen MR) is 112 cm³/mol. The summed E-state index contributed by atoms with van der Waals surface area (Å²) in [5.74, 6) is 0.273. The molecule has 7 heteroatoms. The minimum absolute atomic E-state index is 0.0316. The molecule has 1 aromatic rings. The van der Waals surface area contributed by atoms with E-state index in [1.54, 1.807) is 11.9 Å². The van der Waals surface area contributed by atoms with E-state index in [1.165, 1.54) is 39.1 Å². The van der Waals surface area contributed by atoms with E-state index in [-0.39, 0.29) is 17.9 Å². The summed E-state index contributed by atoms with van der Waals surface area (Å²) >= 11 is 0. The third-order valence-corrected chi connectivity index (χ3v) is 9.49. The Morgan fingerprint density at radius 2 is 2.04 bits per heavy atom. The van der Waals surface area contributed by atoms with Crippen LogP contribution in [0.4, 0.5) is 0 Å². The molecule has 28 heavy (non-hydrogen) atoms. The normalized spacial score (nSPS) is 32.4. The minimum Gasteiger partial charge on any atom is -0.331 e. The lowest BCUT2D eigenvalue weighted by atomic mass is 9.79. The van der Waals surface area contributed by atoms with Crippen molar-refractivity contribution in [3.05, 3.63) is 34.9 Å². The van der Waals surface area contributed by atoms with Gasteiger partial charge in [0.15, 0.2) is 4.87 Å². The van der Waals surface area contributed by atoms with E-state index < -0.39 is 10.3 Å². The molecule has 0 N–H and O–H groups in total. The summed E-state index contributed by atoms with van der Waals surface area (Å²) in [7, 11) is 4.58. The number of nitriles is 1. The highest BCUT2D eigenvalue weighted by Crippen LogP contribution is 2.51. The molecule has 3 atom stereocenters. The fourth-order valence-electron chi connectivity index (χ4n) is 4.64. The van der Waals surface area contributed by atoms with E-state index in [4.69, 9.17) is 0 Å². The first kappa shape index (κ1) is 19.7. The van der Waals surface area contributed by atoms with Gasteiger partial charge in [0.05, 0.1) is 23.3 Å². The van der Waals surface area contributed by atoms with Crippen molar-refractivity contribution < 1.29 is 9.59 Å². The van der Waals surface area contributed by atoms with Crippen LogP contribution in [-0.4, -0.2) is 45.8 Å². The average molecular weight is 416 g/mol. The summed E-state index contributed by atoms with van der Waals surface area (Å²) in [6, 6.07) is 8.66. The van der Waals surface area contributed by atoms with Crippen LogP contribution in [0.1, 0.15) is 49.4 Å². The Hall–Kier alpha value is -1.65. The van der Waals surface area contributed by atoms with Gasteiger partial charge in [0, 0.05) is 13.6 Å². The quantitative estimate of drug-likeness (QED) is 0.691. The number of likely N-dealkylation sites (tertiary alicyclic amines) is 1. The lowest BCUT2D eigenvalue weighted by molar-refractivity contribution is -0.145. The third kappa shape index (κ3) is 2.93. The molecule has 0 aromatic heterocycles. The van der Waals surface area contributed by atoms with Crippen molar-refractivity contribution in [1.29, 1.82) is 5.26 Å². The van der Waals surface area contributed by atoms with Crippen molar-refractivity contribution in [3.63, 3.8) is 0 Å². The van der Waals surface area contributed by atoms with Crippen LogP contribution >= 0.6 is 21.6 Å². The van der Waals surface area contributed by atoms with Gasteiger partial charge in [-0.15, -0.1) is 0 Å². The topological polar surface area (TPSA) is 64.4 Å². The zero-order valence-corrected chi connectivity index (χ0v) is 18.2. The number of rotatable bonds is 2. The van der Waals surface area contributed by atoms with E-state index in [0.717, 1.165) is 18.4 Å². The van der Waals surface area contributed by atoms with Gasteiger partial charge in [-0.05, 0) is 56.2 Å². The lowest BCUT2D eigenvalue weighted by Gasteiger charge is -2.43. The molecule has 0 saturated carbocycles. The molecule has 2 amide bonds. The van der Waals surface area contributed by atoms with Gasteiger partial charge in [-0.2, -0.15) is 5.26 Å². The van der Waals surface area contributed by atoms with Gasteiger partial charge < -0.3 is 9.80 Å². The molecule has 0 unspecified atom stereocenters. The Labute approximate surface area is 174 Å². The van der Waals surface area contributed by atoms with Crippen LogP contribution in [0, 0.1) is 16.7 Å². The second kappa shape index (κ2) is 7.00. The number of nitrogens with zero attached hydrogens (tertiary/aromatic N) is 3. The minimum atomic E-state index is -0.949. The van der Waals surface area contributed by atoms with Gasteiger partial charge in [0.25, 0.3) is 5.91 Å². The molecule has 1 aliphatic carbocycles. The third-order valence-electron chi connectivity index (χ3n) is 6.56. The van der Waals surface area contributed by atoms with E-state index >= 15 is 0 Å². The SMILES string of the molecule is CN1C(=O)CSS[C@@]1(C)C(=O)N1CC[C@](C)(C#N)[C@@H]1c1ccc2c(c1)CCC2. The summed E-state index contributed by atoms with van der Waals surface area (Å²) < 4.78 is 0. The molecular weight excluding hydrogens is 390 g/mol. The Balaban J connectivity index is 1.73. The molecule has 2 aliphatic heterocycles. The molecule has 0 spiro atoms. The summed E-state index contributed by atoms with van der Waals surface area (Å²) in [4.78, 5) is 28.4. The summed E-state index contributed by atoms with van der Waals surface area (Å²) in [5, 5.41) is 9.96. The summed E-state index contributed by atoms with van der Waals surface area (Å²) in [6.45, 7) is 4.32. The maximum atomic E-state index is 13.7. The van der Waals surface area contributed by atoms with Crippen LogP contribution in [0.2, 0.25) is 0 Å². The van der Waals surface area contributed by atoms with Gasteiger partial charge in [-0.1, -0.05) is 39.8 Å². The zero-order chi connectivity index (χ0) is 20.1. The van der Waals surface area contributed by atoms with E-state index in [1.807, 2.05) is 18.7 Å². The van der Waals surface area contributed by atoms with Gasteiger partial charge in [-0.25, -0.2) is 0 Å². The molecule has 2 saturated heterocycles. The fraction of sp³-hybridized carbons (Fsp3) is 0.571. The zero-order valence-electron chi connectivity index (χ0n) is 16.5. The number of hydrogen-bond donors (Lipinski definition) is 0. The Morgan fingerprint density at radius 1 is 1.29 bits per heavy atom. The number of carbonyl (C=O) groups excluding carboxylic acids is 2. The van der Waals surface area contributed by atoms with Gasteiger partial charge in [0.1, 0.15) is 0 Å². The summed E-state index contributed by atoms with van der Waals surface area (Å²) in [5.41, 5.74) is 3.14. The van der Waals surface area contributed by atoms with Crippen LogP contribution in [0.25, 0.3) is 0 Å². The van der Waals surface area contributed by atoms with Crippen molar-refractivity contribution in [2.24, 2.45) is 5.41 Å². The number of benzene rings is 1. The van der Waals surface area contributed by atoms with Crippen molar-refractivity contribution >= 4 is 33.4 Å². The number of carbonyl (C=O) groups is 2. The molecule has 0 radical (unpaired) electrons. The smallest absolute Gasteiger partial charge is 0.260 e. The second-order valence-electron chi connectivity index (χ2n) is 8.34.